The van der Waals surface area contributed by atoms with Crippen molar-refractivity contribution in [3.05, 3.63) is 59.2 Å². The van der Waals surface area contributed by atoms with Crippen molar-refractivity contribution in [3.8, 4) is 0 Å². The molecule has 0 bridgehead atoms. The molecule has 0 saturated carbocycles. The minimum Gasteiger partial charge on any atom is -0.324 e. The number of aryl methyl sites for hydroxylation is 1. The maximum atomic E-state index is 12.5. The van der Waals surface area contributed by atoms with Gasteiger partial charge in [0.2, 0.25) is 11.8 Å². The third-order valence-electron chi connectivity index (χ3n) is 4.41. The average Bonchev–Trinajstić information content (AvgIpc) is 2.56. The number of rotatable bonds is 5. The smallest absolute Gasteiger partial charge is 0.244 e. The van der Waals surface area contributed by atoms with Crippen molar-refractivity contribution in [2.24, 2.45) is 0 Å². The molecule has 0 aliphatic heterocycles. The maximum absolute atomic E-state index is 12.5. The molecule has 0 atom stereocenters. The highest BCUT2D eigenvalue weighted by Crippen LogP contribution is 2.27. The van der Waals surface area contributed by atoms with Gasteiger partial charge in [-0.25, -0.2) is 0 Å². The van der Waals surface area contributed by atoms with Crippen molar-refractivity contribution >= 4 is 23.2 Å². The number of anilines is 2. The van der Waals surface area contributed by atoms with E-state index in [1.165, 1.54) is 11.8 Å². The fourth-order valence-corrected chi connectivity index (χ4v) is 2.81. The van der Waals surface area contributed by atoms with Gasteiger partial charge in [0.15, 0.2) is 0 Å². The van der Waals surface area contributed by atoms with Crippen molar-refractivity contribution in [1.82, 2.24) is 0 Å². The molecule has 0 aromatic heterocycles. The molecule has 0 fully saturated rings. The standard InChI is InChI=1S/C21H26N2O2/c1-14(2)18-10-6-7-12-20(18)23(17(5)24)13-21(25)22-19-11-8-9-15(3)16(19)4/h6-12,14H,13H2,1-5H3,(H,22,25). The topological polar surface area (TPSA) is 49.4 Å². The van der Waals surface area contributed by atoms with Gasteiger partial charge in [-0.1, -0.05) is 44.2 Å². The van der Waals surface area contributed by atoms with E-state index in [1.54, 1.807) is 0 Å². The number of nitrogens with zero attached hydrogens (tertiary/aromatic N) is 1. The molecule has 2 aromatic carbocycles. The van der Waals surface area contributed by atoms with Crippen LogP contribution in [0.4, 0.5) is 11.4 Å². The van der Waals surface area contributed by atoms with Crippen LogP contribution in [0.15, 0.2) is 42.5 Å². The SMILES string of the molecule is CC(=O)N(CC(=O)Nc1cccc(C)c1C)c1ccccc1C(C)C. The Morgan fingerprint density at radius 2 is 1.72 bits per heavy atom. The van der Waals surface area contributed by atoms with Crippen LogP contribution in [0.3, 0.4) is 0 Å². The lowest BCUT2D eigenvalue weighted by Gasteiger charge is -2.25. The number of carbonyl (C=O) groups excluding carboxylic acids is 2. The molecule has 25 heavy (non-hydrogen) atoms. The minimum absolute atomic E-state index is 0.00749. The zero-order valence-electron chi connectivity index (χ0n) is 15.6. The van der Waals surface area contributed by atoms with E-state index in [0.29, 0.717) is 0 Å². The average molecular weight is 338 g/mol. The number of para-hydroxylation sites is 1. The van der Waals surface area contributed by atoms with Crippen LogP contribution in [0.2, 0.25) is 0 Å². The minimum atomic E-state index is -0.206. The number of benzene rings is 2. The first kappa shape index (κ1) is 18.7. The van der Waals surface area contributed by atoms with E-state index < -0.39 is 0 Å². The van der Waals surface area contributed by atoms with Gasteiger partial charge in [-0.2, -0.15) is 0 Å². The third-order valence-corrected chi connectivity index (χ3v) is 4.41. The fourth-order valence-electron chi connectivity index (χ4n) is 2.81. The lowest BCUT2D eigenvalue weighted by molar-refractivity contribution is -0.120. The van der Waals surface area contributed by atoms with Crippen LogP contribution in [-0.4, -0.2) is 18.4 Å². The highest BCUT2D eigenvalue weighted by Gasteiger charge is 2.20. The molecule has 2 rings (SSSR count). The predicted octanol–water partition coefficient (Wildman–Crippen LogP) is 4.42. The largest absolute Gasteiger partial charge is 0.324 e. The van der Waals surface area contributed by atoms with Crippen LogP contribution in [0, 0.1) is 13.8 Å². The predicted molar refractivity (Wildman–Crippen MR) is 103 cm³/mol. The molecule has 0 spiro atoms. The first-order chi connectivity index (χ1) is 11.8. The summed E-state index contributed by atoms with van der Waals surface area (Å²) in [5, 5.41) is 2.92. The molecule has 0 radical (unpaired) electrons. The van der Waals surface area contributed by atoms with Crippen molar-refractivity contribution in [2.45, 2.75) is 40.5 Å². The summed E-state index contributed by atoms with van der Waals surface area (Å²) in [5.41, 5.74) is 4.78. The van der Waals surface area contributed by atoms with Crippen molar-refractivity contribution in [3.63, 3.8) is 0 Å². The number of carbonyl (C=O) groups is 2. The first-order valence-electron chi connectivity index (χ1n) is 8.54. The first-order valence-corrected chi connectivity index (χ1v) is 8.54. The Labute approximate surface area is 149 Å². The molecular weight excluding hydrogens is 312 g/mol. The van der Waals surface area contributed by atoms with Gasteiger partial charge in [0.1, 0.15) is 6.54 Å². The number of hydrogen-bond donors (Lipinski definition) is 1. The van der Waals surface area contributed by atoms with Gasteiger partial charge >= 0.3 is 0 Å². The van der Waals surface area contributed by atoms with E-state index in [2.05, 4.69) is 19.2 Å². The molecule has 2 aromatic rings. The van der Waals surface area contributed by atoms with E-state index >= 15 is 0 Å². The second-order valence-electron chi connectivity index (χ2n) is 6.61. The second-order valence-corrected chi connectivity index (χ2v) is 6.61. The zero-order valence-corrected chi connectivity index (χ0v) is 15.6. The normalized spacial score (nSPS) is 10.6. The Morgan fingerprint density at radius 3 is 2.36 bits per heavy atom. The monoisotopic (exact) mass is 338 g/mol. The summed E-state index contributed by atoms with van der Waals surface area (Å²) in [6, 6.07) is 13.5. The van der Waals surface area contributed by atoms with Crippen LogP contribution in [0.1, 0.15) is 43.4 Å². The van der Waals surface area contributed by atoms with Crippen molar-refractivity contribution in [2.75, 3.05) is 16.8 Å². The van der Waals surface area contributed by atoms with Crippen LogP contribution >= 0.6 is 0 Å². The van der Waals surface area contributed by atoms with Crippen LogP contribution in [0.25, 0.3) is 0 Å². The molecule has 0 saturated heterocycles. The summed E-state index contributed by atoms with van der Waals surface area (Å²) in [5.74, 6) is -0.0909. The Kier molecular flexibility index (Phi) is 5.97. The van der Waals surface area contributed by atoms with Gasteiger partial charge in [-0.05, 0) is 48.6 Å². The molecule has 132 valence electrons. The van der Waals surface area contributed by atoms with E-state index in [0.717, 1.165) is 28.1 Å². The lowest BCUT2D eigenvalue weighted by Crippen LogP contribution is -2.37. The molecule has 0 unspecified atom stereocenters. The van der Waals surface area contributed by atoms with Crippen LogP contribution in [-0.2, 0) is 9.59 Å². The van der Waals surface area contributed by atoms with Gasteiger partial charge in [0.25, 0.3) is 0 Å². The van der Waals surface area contributed by atoms with E-state index in [4.69, 9.17) is 0 Å². The summed E-state index contributed by atoms with van der Waals surface area (Å²) in [6.45, 7) is 9.61. The summed E-state index contributed by atoms with van der Waals surface area (Å²) in [7, 11) is 0. The van der Waals surface area contributed by atoms with Gasteiger partial charge in [-0.3, -0.25) is 9.59 Å². The highest BCUT2D eigenvalue weighted by molar-refractivity contribution is 6.02. The van der Waals surface area contributed by atoms with Gasteiger partial charge in [-0.15, -0.1) is 0 Å². The molecule has 1 N–H and O–H groups in total. The Morgan fingerprint density at radius 1 is 1.04 bits per heavy atom. The van der Waals surface area contributed by atoms with E-state index in [1.807, 2.05) is 56.3 Å². The van der Waals surface area contributed by atoms with Crippen molar-refractivity contribution < 1.29 is 9.59 Å². The highest BCUT2D eigenvalue weighted by atomic mass is 16.2. The summed E-state index contributed by atoms with van der Waals surface area (Å²) >= 11 is 0. The molecule has 4 heteroatoms. The third kappa shape index (κ3) is 4.47. The molecule has 0 heterocycles. The molecular formula is C21H26N2O2. The number of amides is 2. The van der Waals surface area contributed by atoms with E-state index in [9.17, 15) is 9.59 Å². The van der Waals surface area contributed by atoms with Gasteiger partial charge < -0.3 is 10.2 Å². The second kappa shape index (κ2) is 7.97. The Hall–Kier alpha value is -2.62. The van der Waals surface area contributed by atoms with Crippen LogP contribution < -0.4 is 10.2 Å². The number of hydrogen-bond acceptors (Lipinski definition) is 2. The Bertz CT molecular complexity index is 781. The Balaban J connectivity index is 2.24. The van der Waals surface area contributed by atoms with Gasteiger partial charge in [0.05, 0.1) is 0 Å². The summed E-state index contributed by atoms with van der Waals surface area (Å²) in [4.78, 5) is 26.3. The molecule has 4 nitrogen and oxygen atoms in total. The summed E-state index contributed by atoms with van der Waals surface area (Å²) < 4.78 is 0. The molecule has 0 aliphatic rings. The van der Waals surface area contributed by atoms with E-state index in [-0.39, 0.29) is 24.3 Å². The maximum Gasteiger partial charge on any atom is 0.244 e. The molecule has 2 amide bonds. The quantitative estimate of drug-likeness (QED) is 0.877. The summed E-state index contributed by atoms with van der Waals surface area (Å²) in [6.07, 6.45) is 0. The fraction of sp³-hybridized carbons (Fsp3) is 0.333. The van der Waals surface area contributed by atoms with Crippen molar-refractivity contribution in [1.29, 1.82) is 0 Å². The molecule has 0 aliphatic carbocycles. The number of nitrogens with one attached hydrogen (secondary N) is 1. The van der Waals surface area contributed by atoms with Gasteiger partial charge in [0, 0.05) is 18.3 Å². The van der Waals surface area contributed by atoms with Crippen LogP contribution in [0.5, 0.6) is 0 Å². The lowest BCUT2D eigenvalue weighted by atomic mass is 10.0. The zero-order chi connectivity index (χ0) is 18.6.